The number of aromatic nitrogens is 2. The van der Waals surface area contributed by atoms with Gasteiger partial charge < -0.3 is 14.7 Å². The standard InChI is InChI=1S/C29H21Cl2N5O3S/c1-36(22-12-13-25(30)26(31)16-22)29-35-34-27(40-29)20-5-3-7-24(15-20)39-23-6-2-4-18(14-23)17-32-33-21-10-8-19(9-11-21)28(37)38/h2-16H,17H2,1H3,(H,37,38). The Morgan fingerprint density at radius 1 is 0.925 bits per heavy atom. The molecule has 11 heteroatoms. The highest BCUT2D eigenvalue weighted by atomic mass is 35.5. The fraction of sp³-hybridized carbons (Fsp3) is 0.0690. The van der Waals surface area contributed by atoms with Crippen molar-refractivity contribution in [3.05, 3.63) is 112 Å². The highest BCUT2D eigenvalue weighted by molar-refractivity contribution is 7.18. The van der Waals surface area contributed by atoms with Crippen molar-refractivity contribution in [1.29, 1.82) is 0 Å². The van der Waals surface area contributed by atoms with E-state index in [0.717, 1.165) is 21.8 Å². The van der Waals surface area contributed by atoms with Crippen LogP contribution in [0.1, 0.15) is 15.9 Å². The van der Waals surface area contributed by atoms with E-state index in [-0.39, 0.29) is 5.56 Å². The number of carboxylic acids is 1. The largest absolute Gasteiger partial charge is 0.478 e. The third-order valence-corrected chi connectivity index (χ3v) is 7.55. The Kier molecular flexibility index (Phi) is 8.35. The second-order valence-corrected chi connectivity index (χ2v) is 10.3. The van der Waals surface area contributed by atoms with Crippen LogP contribution in [-0.2, 0) is 6.54 Å². The van der Waals surface area contributed by atoms with Gasteiger partial charge in [0, 0.05) is 18.3 Å². The van der Waals surface area contributed by atoms with Crippen LogP contribution in [0.3, 0.4) is 0 Å². The van der Waals surface area contributed by atoms with Gasteiger partial charge in [0.1, 0.15) is 16.5 Å². The van der Waals surface area contributed by atoms with Gasteiger partial charge in [0.05, 0.1) is 27.8 Å². The maximum Gasteiger partial charge on any atom is 0.335 e. The van der Waals surface area contributed by atoms with E-state index >= 15 is 0 Å². The van der Waals surface area contributed by atoms with Crippen molar-refractivity contribution >= 4 is 57.0 Å². The number of rotatable bonds is 9. The van der Waals surface area contributed by atoms with Crippen molar-refractivity contribution in [2.24, 2.45) is 10.2 Å². The van der Waals surface area contributed by atoms with Crippen LogP contribution in [0, 0.1) is 0 Å². The number of carboxylic acid groups (broad SMARTS) is 1. The minimum absolute atomic E-state index is 0.204. The number of azo groups is 1. The average molecular weight is 590 g/mol. The van der Waals surface area contributed by atoms with Crippen LogP contribution >= 0.6 is 34.5 Å². The Bertz CT molecular complexity index is 1690. The average Bonchev–Trinajstić information content (AvgIpc) is 3.45. The minimum atomic E-state index is -0.980. The molecule has 1 aromatic heterocycles. The fourth-order valence-corrected chi connectivity index (χ4v) is 4.79. The summed E-state index contributed by atoms with van der Waals surface area (Å²) in [5.41, 5.74) is 3.43. The highest BCUT2D eigenvalue weighted by Crippen LogP contribution is 2.35. The van der Waals surface area contributed by atoms with Crippen LogP contribution in [0.2, 0.25) is 10.0 Å². The van der Waals surface area contributed by atoms with E-state index in [4.69, 9.17) is 33.0 Å². The van der Waals surface area contributed by atoms with E-state index in [1.54, 1.807) is 24.3 Å². The van der Waals surface area contributed by atoms with E-state index in [1.165, 1.54) is 23.5 Å². The summed E-state index contributed by atoms with van der Waals surface area (Å²) in [5, 5.41) is 28.5. The Morgan fingerprint density at radius 3 is 2.42 bits per heavy atom. The molecule has 0 saturated carbocycles. The number of benzene rings is 4. The fourth-order valence-electron chi connectivity index (χ4n) is 3.68. The molecule has 4 aromatic carbocycles. The first-order valence-corrected chi connectivity index (χ1v) is 13.5. The van der Waals surface area contributed by atoms with Gasteiger partial charge in [-0.3, -0.25) is 0 Å². The molecular formula is C29H21Cl2N5O3S. The summed E-state index contributed by atoms with van der Waals surface area (Å²) in [6, 6.07) is 26.9. The number of hydrogen-bond donors (Lipinski definition) is 1. The van der Waals surface area contributed by atoms with Crippen LogP contribution < -0.4 is 9.64 Å². The molecule has 0 spiro atoms. The Labute approximate surface area is 244 Å². The van der Waals surface area contributed by atoms with Gasteiger partial charge in [-0.25, -0.2) is 4.79 Å². The number of ether oxygens (including phenoxy) is 1. The Balaban J connectivity index is 1.25. The van der Waals surface area contributed by atoms with Gasteiger partial charge in [0.2, 0.25) is 5.13 Å². The monoisotopic (exact) mass is 589 g/mol. The molecule has 0 radical (unpaired) electrons. The van der Waals surface area contributed by atoms with Gasteiger partial charge in [-0.1, -0.05) is 58.8 Å². The van der Waals surface area contributed by atoms with Crippen LogP contribution in [0.4, 0.5) is 16.5 Å². The summed E-state index contributed by atoms with van der Waals surface area (Å²) in [6.07, 6.45) is 0. The Hall–Kier alpha value is -4.31. The molecule has 5 rings (SSSR count). The normalized spacial score (nSPS) is 11.1. The van der Waals surface area contributed by atoms with Crippen LogP contribution in [0.25, 0.3) is 10.6 Å². The number of nitrogens with zero attached hydrogens (tertiary/aromatic N) is 5. The summed E-state index contributed by atoms with van der Waals surface area (Å²) in [5.74, 6) is 0.337. The molecule has 8 nitrogen and oxygen atoms in total. The first-order chi connectivity index (χ1) is 19.4. The van der Waals surface area contributed by atoms with Crippen molar-refractivity contribution in [3.63, 3.8) is 0 Å². The lowest BCUT2D eigenvalue weighted by Gasteiger charge is -2.15. The summed E-state index contributed by atoms with van der Waals surface area (Å²) < 4.78 is 6.12. The van der Waals surface area contributed by atoms with E-state index in [9.17, 15) is 4.79 Å². The zero-order chi connectivity index (χ0) is 28.1. The molecule has 5 aromatic rings. The van der Waals surface area contributed by atoms with Crippen LogP contribution in [0.15, 0.2) is 101 Å². The first kappa shape index (κ1) is 27.3. The quantitative estimate of drug-likeness (QED) is 0.172. The second-order valence-electron chi connectivity index (χ2n) is 8.58. The minimum Gasteiger partial charge on any atom is -0.478 e. The third kappa shape index (κ3) is 6.63. The molecule has 0 saturated heterocycles. The molecule has 1 N–H and O–H groups in total. The molecule has 0 aliphatic heterocycles. The molecule has 200 valence electrons. The highest BCUT2D eigenvalue weighted by Gasteiger charge is 2.14. The predicted molar refractivity (Wildman–Crippen MR) is 158 cm³/mol. The number of carbonyl (C=O) groups is 1. The van der Waals surface area contributed by atoms with Gasteiger partial charge in [-0.2, -0.15) is 10.2 Å². The predicted octanol–water partition coefficient (Wildman–Crippen LogP) is 9.05. The van der Waals surface area contributed by atoms with Gasteiger partial charge in [0.15, 0.2) is 0 Å². The number of halogens is 2. The van der Waals surface area contributed by atoms with Crippen molar-refractivity contribution in [2.75, 3.05) is 11.9 Å². The lowest BCUT2D eigenvalue weighted by molar-refractivity contribution is 0.0697. The lowest BCUT2D eigenvalue weighted by atomic mass is 10.2. The molecule has 0 amide bonds. The van der Waals surface area contributed by atoms with Crippen molar-refractivity contribution in [2.45, 2.75) is 6.54 Å². The topological polar surface area (TPSA) is 100 Å². The summed E-state index contributed by atoms with van der Waals surface area (Å²) in [7, 11) is 1.89. The SMILES string of the molecule is CN(c1ccc(Cl)c(Cl)c1)c1nnc(-c2cccc(Oc3cccc(CN=Nc4ccc(C(=O)O)cc4)c3)c2)s1. The summed E-state index contributed by atoms with van der Waals surface area (Å²) >= 11 is 13.7. The maximum absolute atomic E-state index is 11.0. The Morgan fingerprint density at radius 2 is 1.68 bits per heavy atom. The molecule has 0 aliphatic carbocycles. The third-order valence-electron chi connectivity index (χ3n) is 5.76. The first-order valence-electron chi connectivity index (χ1n) is 12.0. The maximum atomic E-state index is 11.0. The molecule has 0 bridgehead atoms. The zero-order valence-corrected chi connectivity index (χ0v) is 23.4. The zero-order valence-electron chi connectivity index (χ0n) is 21.0. The van der Waals surface area contributed by atoms with E-state index < -0.39 is 5.97 Å². The molecule has 0 aliphatic rings. The van der Waals surface area contributed by atoms with Crippen LogP contribution in [-0.4, -0.2) is 28.3 Å². The number of hydrogen-bond acceptors (Lipinski definition) is 8. The summed E-state index contributed by atoms with van der Waals surface area (Å²) in [6.45, 7) is 0.345. The van der Waals surface area contributed by atoms with Gasteiger partial charge in [-0.05, 0) is 72.3 Å². The number of anilines is 2. The number of aromatic carboxylic acids is 1. The van der Waals surface area contributed by atoms with E-state index in [2.05, 4.69) is 20.4 Å². The van der Waals surface area contributed by atoms with Crippen molar-refractivity contribution in [1.82, 2.24) is 10.2 Å². The van der Waals surface area contributed by atoms with Gasteiger partial charge in [0.25, 0.3) is 0 Å². The molecule has 0 fully saturated rings. The van der Waals surface area contributed by atoms with Gasteiger partial charge in [-0.15, -0.1) is 10.2 Å². The molecule has 40 heavy (non-hydrogen) atoms. The van der Waals surface area contributed by atoms with E-state index in [0.29, 0.717) is 38.9 Å². The molecular weight excluding hydrogens is 569 g/mol. The van der Waals surface area contributed by atoms with E-state index in [1.807, 2.05) is 66.5 Å². The smallest absolute Gasteiger partial charge is 0.335 e. The lowest BCUT2D eigenvalue weighted by Crippen LogP contribution is -2.08. The molecule has 0 atom stereocenters. The van der Waals surface area contributed by atoms with Crippen LogP contribution in [0.5, 0.6) is 11.5 Å². The molecule has 0 unspecified atom stereocenters. The van der Waals surface area contributed by atoms with Crippen molar-refractivity contribution < 1.29 is 14.6 Å². The molecule has 1 heterocycles. The van der Waals surface area contributed by atoms with Crippen molar-refractivity contribution in [3.8, 4) is 22.1 Å². The van der Waals surface area contributed by atoms with Gasteiger partial charge >= 0.3 is 5.97 Å². The second kappa shape index (κ2) is 12.3. The summed E-state index contributed by atoms with van der Waals surface area (Å²) in [4.78, 5) is 12.9.